The lowest BCUT2D eigenvalue weighted by Gasteiger charge is -2.44. The Balaban J connectivity index is 1.48. The van der Waals surface area contributed by atoms with Crippen LogP contribution in [0.5, 0.6) is 0 Å². The Bertz CT molecular complexity index is 725. The van der Waals surface area contributed by atoms with Gasteiger partial charge in [0, 0.05) is 18.4 Å². The number of nitrogens with zero attached hydrogens (tertiary/aromatic N) is 2. The average Bonchev–Trinajstić information content (AvgIpc) is 3.01. The molecule has 1 atom stereocenters. The maximum absolute atomic E-state index is 13.0. The molecule has 0 saturated carbocycles. The highest BCUT2D eigenvalue weighted by Crippen LogP contribution is 2.53. The van der Waals surface area contributed by atoms with Crippen molar-refractivity contribution in [1.82, 2.24) is 15.1 Å². The normalized spacial score (nSPS) is 26.4. The second-order valence-electron chi connectivity index (χ2n) is 7.79. The Morgan fingerprint density at radius 3 is 2.68 bits per heavy atom. The smallest absolute Gasteiger partial charge is 0.410 e. The van der Waals surface area contributed by atoms with Gasteiger partial charge in [-0.2, -0.15) is 0 Å². The van der Waals surface area contributed by atoms with Crippen molar-refractivity contribution in [2.75, 3.05) is 46.4 Å². The summed E-state index contributed by atoms with van der Waals surface area (Å²) in [4.78, 5) is 28.6. The summed E-state index contributed by atoms with van der Waals surface area (Å²) >= 11 is 1.82. The fourth-order valence-corrected chi connectivity index (χ4v) is 6.50. The Hall–Kier alpha value is -1.77. The number of benzene rings is 1. The lowest BCUT2D eigenvalue weighted by Crippen LogP contribution is -2.63. The lowest BCUT2D eigenvalue weighted by molar-refractivity contribution is -0.142. The molecule has 3 fully saturated rings. The summed E-state index contributed by atoms with van der Waals surface area (Å²) in [5.74, 6) is -0.0251. The highest BCUT2D eigenvalue weighted by molar-refractivity contribution is 8.02. The van der Waals surface area contributed by atoms with Crippen LogP contribution in [0.25, 0.3) is 0 Å². The highest BCUT2D eigenvalue weighted by atomic mass is 32.2. The number of rotatable bonds is 4. The Labute approximate surface area is 169 Å². The van der Waals surface area contributed by atoms with Gasteiger partial charge in [-0.3, -0.25) is 9.69 Å². The molecular weight excluding hydrogens is 378 g/mol. The standard InChI is InChI=1S/C20H27N3O4S/c1-26-15-20-14-22(18(25)27-12-16-5-3-2-4-6-16)11-17(24)23(20)13-19(28-20)7-9-21-10-8-19/h2-6,21H,7-15H2,1H3. The fourth-order valence-electron chi connectivity index (χ4n) is 4.42. The molecule has 4 rings (SSSR count). The van der Waals surface area contributed by atoms with Crippen LogP contribution < -0.4 is 5.32 Å². The number of carbonyl (C=O) groups is 2. The van der Waals surface area contributed by atoms with Crippen LogP contribution in [0, 0.1) is 0 Å². The van der Waals surface area contributed by atoms with Gasteiger partial charge in [0.25, 0.3) is 0 Å². The molecule has 0 bridgehead atoms. The van der Waals surface area contributed by atoms with E-state index in [4.69, 9.17) is 9.47 Å². The molecule has 3 aliphatic rings. The van der Waals surface area contributed by atoms with E-state index in [-0.39, 0.29) is 23.8 Å². The van der Waals surface area contributed by atoms with Crippen LogP contribution in [0.3, 0.4) is 0 Å². The maximum Gasteiger partial charge on any atom is 0.410 e. The van der Waals surface area contributed by atoms with E-state index in [1.54, 1.807) is 7.11 Å². The highest BCUT2D eigenvalue weighted by Gasteiger charge is 2.59. The number of nitrogens with one attached hydrogen (secondary N) is 1. The van der Waals surface area contributed by atoms with Crippen LogP contribution in [-0.4, -0.2) is 77.9 Å². The Morgan fingerprint density at radius 1 is 1.21 bits per heavy atom. The second kappa shape index (κ2) is 7.93. The van der Waals surface area contributed by atoms with Crippen LogP contribution in [-0.2, 0) is 20.9 Å². The van der Waals surface area contributed by atoms with Gasteiger partial charge >= 0.3 is 6.09 Å². The molecule has 3 saturated heterocycles. The third kappa shape index (κ3) is 3.73. The maximum atomic E-state index is 13.0. The molecule has 8 heteroatoms. The van der Waals surface area contributed by atoms with Crippen LogP contribution in [0.4, 0.5) is 4.79 Å². The molecule has 0 radical (unpaired) electrons. The Morgan fingerprint density at radius 2 is 1.96 bits per heavy atom. The van der Waals surface area contributed by atoms with Crippen molar-refractivity contribution in [3.05, 3.63) is 35.9 Å². The predicted molar refractivity (Wildman–Crippen MR) is 107 cm³/mol. The van der Waals surface area contributed by atoms with Gasteiger partial charge in [0.05, 0.1) is 13.2 Å². The second-order valence-corrected chi connectivity index (χ2v) is 9.62. The first-order chi connectivity index (χ1) is 13.6. The number of ether oxygens (including phenoxy) is 2. The molecule has 3 heterocycles. The summed E-state index contributed by atoms with van der Waals surface area (Å²) < 4.78 is 11.0. The van der Waals surface area contributed by atoms with Crippen LogP contribution in [0.1, 0.15) is 18.4 Å². The zero-order valence-electron chi connectivity index (χ0n) is 16.2. The van der Waals surface area contributed by atoms with Crippen molar-refractivity contribution in [3.63, 3.8) is 0 Å². The van der Waals surface area contributed by atoms with Gasteiger partial charge in [-0.1, -0.05) is 30.3 Å². The number of piperidine rings is 1. The van der Waals surface area contributed by atoms with E-state index >= 15 is 0 Å². The first kappa shape index (κ1) is 19.5. The van der Waals surface area contributed by atoms with Gasteiger partial charge in [-0.05, 0) is 31.5 Å². The van der Waals surface area contributed by atoms with Crippen molar-refractivity contribution in [1.29, 1.82) is 0 Å². The molecule has 1 aromatic rings. The molecule has 0 aliphatic carbocycles. The molecule has 1 spiro atoms. The van der Waals surface area contributed by atoms with Gasteiger partial charge in [0.2, 0.25) is 5.91 Å². The largest absolute Gasteiger partial charge is 0.445 e. The fraction of sp³-hybridized carbons (Fsp3) is 0.600. The number of carbonyl (C=O) groups excluding carboxylic acids is 2. The van der Waals surface area contributed by atoms with E-state index in [9.17, 15) is 9.59 Å². The van der Waals surface area contributed by atoms with Gasteiger partial charge in [-0.15, -0.1) is 11.8 Å². The molecule has 28 heavy (non-hydrogen) atoms. The number of amides is 2. The number of hydrogen-bond donors (Lipinski definition) is 1. The summed E-state index contributed by atoms with van der Waals surface area (Å²) in [6, 6.07) is 9.57. The molecule has 152 valence electrons. The van der Waals surface area contributed by atoms with Crippen LogP contribution in [0.15, 0.2) is 30.3 Å². The van der Waals surface area contributed by atoms with Gasteiger partial charge < -0.3 is 19.7 Å². The third-order valence-corrected chi connectivity index (χ3v) is 7.58. The minimum atomic E-state index is -0.535. The third-order valence-electron chi connectivity index (χ3n) is 5.76. The molecule has 0 aromatic heterocycles. The average molecular weight is 406 g/mol. The minimum Gasteiger partial charge on any atom is -0.445 e. The van der Waals surface area contributed by atoms with Crippen molar-refractivity contribution < 1.29 is 19.1 Å². The molecule has 1 aromatic carbocycles. The quantitative estimate of drug-likeness (QED) is 0.822. The molecular formula is C20H27N3O4S. The topological polar surface area (TPSA) is 71.1 Å². The van der Waals surface area contributed by atoms with E-state index in [1.807, 2.05) is 47.0 Å². The summed E-state index contributed by atoms with van der Waals surface area (Å²) in [6.45, 7) is 3.75. The van der Waals surface area contributed by atoms with Crippen LogP contribution >= 0.6 is 11.8 Å². The van der Waals surface area contributed by atoms with Crippen molar-refractivity contribution in [3.8, 4) is 0 Å². The van der Waals surface area contributed by atoms with E-state index in [0.29, 0.717) is 13.2 Å². The van der Waals surface area contributed by atoms with Crippen molar-refractivity contribution in [2.24, 2.45) is 0 Å². The van der Waals surface area contributed by atoms with Gasteiger partial charge in [0.1, 0.15) is 18.0 Å². The molecule has 3 aliphatic heterocycles. The van der Waals surface area contributed by atoms with E-state index < -0.39 is 11.0 Å². The van der Waals surface area contributed by atoms with E-state index in [2.05, 4.69) is 5.32 Å². The van der Waals surface area contributed by atoms with Gasteiger partial charge in [-0.25, -0.2) is 4.79 Å². The molecule has 7 nitrogen and oxygen atoms in total. The summed E-state index contributed by atoms with van der Waals surface area (Å²) in [6.07, 6.45) is 1.59. The number of fused-ring (bicyclic) bond motifs is 1. The lowest BCUT2D eigenvalue weighted by atomic mass is 9.95. The number of thioether (sulfide) groups is 1. The zero-order chi connectivity index (χ0) is 19.6. The molecule has 1 N–H and O–H groups in total. The van der Waals surface area contributed by atoms with Gasteiger partial charge in [0.15, 0.2) is 0 Å². The molecule has 2 amide bonds. The number of piperazine rings is 1. The monoisotopic (exact) mass is 405 g/mol. The van der Waals surface area contributed by atoms with E-state index in [1.165, 1.54) is 4.90 Å². The molecule has 1 unspecified atom stereocenters. The summed E-state index contributed by atoms with van der Waals surface area (Å²) in [5, 5.41) is 3.40. The van der Waals surface area contributed by atoms with E-state index in [0.717, 1.165) is 38.0 Å². The summed E-state index contributed by atoms with van der Waals surface area (Å²) in [5.41, 5.74) is 0.927. The summed E-state index contributed by atoms with van der Waals surface area (Å²) in [7, 11) is 1.65. The first-order valence-corrected chi connectivity index (χ1v) is 10.5. The zero-order valence-corrected chi connectivity index (χ0v) is 17.0. The van der Waals surface area contributed by atoms with Crippen LogP contribution in [0.2, 0.25) is 0 Å². The van der Waals surface area contributed by atoms with Crippen molar-refractivity contribution >= 4 is 23.8 Å². The first-order valence-electron chi connectivity index (χ1n) is 9.72. The number of hydrogen-bond acceptors (Lipinski definition) is 6. The number of methoxy groups -OCH3 is 1. The predicted octanol–water partition coefficient (Wildman–Crippen LogP) is 1.68. The van der Waals surface area contributed by atoms with Crippen molar-refractivity contribution in [2.45, 2.75) is 29.1 Å². The minimum absolute atomic E-state index is 0.0251. The Kier molecular flexibility index (Phi) is 5.53. The SMILES string of the molecule is COCC12CN(C(=O)OCc3ccccc3)CC(=O)N1CC1(CCNCC1)S2.